The van der Waals surface area contributed by atoms with Gasteiger partial charge in [-0.05, 0) is 22.4 Å². The molecule has 0 amide bonds. The normalized spacial score (nSPS) is 19.5. The van der Waals surface area contributed by atoms with Crippen LogP contribution >= 0.6 is 11.8 Å². The first-order chi connectivity index (χ1) is 12.7. The average molecular weight is 365 g/mol. The quantitative estimate of drug-likeness (QED) is 0.709. The van der Waals surface area contributed by atoms with Crippen molar-refractivity contribution in [3.63, 3.8) is 0 Å². The maximum atomic E-state index is 11.3. The highest BCUT2D eigenvalue weighted by Gasteiger charge is 2.33. The molecule has 1 heterocycles. The molecule has 1 fully saturated rings. The molecule has 0 aliphatic carbocycles. The Labute approximate surface area is 156 Å². The highest BCUT2D eigenvalue weighted by molar-refractivity contribution is 8.01. The predicted molar refractivity (Wildman–Crippen MR) is 104 cm³/mol. The lowest BCUT2D eigenvalue weighted by atomic mass is 10.0. The number of hydrogen-bond acceptors (Lipinski definition) is 4. The van der Waals surface area contributed by atoms with Crippen LogP contribution in [0, 0.1) is 0 Å². The number of hydrogen-bond donors (Lipinski definition) is 2. The Kier molecular flexibility index (Phi) is 4.82. The van der Waals surface area contributed by atoms with Gasteiger partial charge in [-0.3, -0.25) is 10.1 Å². The molecule has 132 valence electrons. The predicted octanol–water partition coefficient (Wildman–Crippen LogP) is 4.21. The first-order valence-corrected chi connectivity index (χ1v) is 9.46. The Hall–Kier alpha value is -2.50. The van der Waals surface area contributed by atoms with E-state index in [4.69, 9.17) is 4.74 Å². The largest absolute Gasteiger partial charge is 0.489 e. The molecular formula is C21H19NO3S. The van der Waals surface area contributed by atoms with Gasteiger partial charge in [-0.1, -0.05) is 60.7 Å². The number of fused-ring (bicyclic) bond motifs is 1. The standard InChI is InChI=1S/C21H19NO3S/c23-21(24)18-12-22-20(26-18)19-16-9-5-4-8-15(16)10-11-17(19)25-13-14-6-2-1-3-7-14/h1-11,18,20,22H,12-13H2,(H,23,24)/t18-,20-/m1/s1. The van der Waals surface area contributed by atoms with E-state index in [1.165, 1.54) is 11.8 Å². The number of carboxylic acid groups (broad SMARTS) is 1. The summed E-state index contributed by atoms with van der Waals surface area (Å²) < 4.78 is 6.14. The van der Waals surface area contributed by atoms with Gasteiger partial charge < -0.3 is 9.84 Å². The maximum absolute atomic E-state index is 11.3. The van der Waals surface area contributed by atoms with Gasteiger partial charge in [-0.2, -0.15) is 0 Å². The Morgan fingerprint density at radius 2 is 1.85 bits per heavy atom. The number of thioether (sulfide) groups is 1. The molecule has 1 aliphatic rings. The summed E-state index contributed by atoms with van der Waals surface area (Å²) in [5, 5.41) is 14.3. The van der Waals surface area contributed by atoms with Crippen LogP contribution in [-0.2, 0) is 11.4 Å². The van der Waals surface area contributed by atoms with Gasteiger partial charge in [0.25, 0.3) is 0 Å². The van der Waals surface area contributed by atoms with Crippen LogP contribution in [0.1, 0.15) is 16.5 Å². The van der Waals surface area contributed by atoms with Crippen molar-refractivity contribution >= 4 is 28.5 Å². The minimum Gasteiger partial charge on any atom is -0.489 e. The fourth-order valence-electron chi connectivity index (χ4n) is 3.20. The van der Waals surface area contributed by atoms with Gasteiger partial charge in [0, 0.05) is 12.1 Å². The minimum atomic E-state index is -0.781. The molecule has 0 unspecified atom stereocenters. The second-order valence-corrected chi connectivity index (χ2v) is 7.54. The Bertz CT molecular complexity index is 929. The zero-order valence-electron chi connectivity index (χ0n) is 14.1. The van der Waals surface area contributed by atoms with Gasteiger partial charge >= 0.3 is 5.97 Å². The van der Waals surface area contributed by atoms with E-state index in [1.54, 1.807) is 0 Å². The number of rotatable bonds is 5. The lowest BCUT2D eigenvalue weighted by Crippen LogP contribution is -2.21. The van der Waals surface area contributed by atoms with Crippen molar-refractivity contribution < 1.29 is 14.6 Å². The Balaban J connectivity index is 1.69. The first-order valence-electron chi connectivity index (χ1n) is 8.52. The Morgan fingerprint density at radius 3 is 2.62 bits per heavy atom. The molecule has 0 saturated carbocycles. The third-order valence-electron chi connectivity index (χ3n) is 4.49. The van der Waals surface area contributed by atoms with Gasteiger partial charge in [-0.15, -0.1) is 11.8 Å². The van der Waals surface area contributed by atoms with E-state index in [1.807, 2.05) is 54.6 Å². The van der Waals surface area contributed by atoms with Gasteiger partial charge in [0.15, 0.2) is 0 Å². The SMILES string of the molecule is O=C(O)[C@H]1CN[C@@H](c2c(OCc3ccccc3)ccc3ccccc23)S1. The number of benzene rings is 3. The summed E-state index contributed by atoms with van der Waals surface area (Å²) in [6, 6.07) is 22.2. The van der Waals surface area contributed by atoms with Crippen molar-refractivity contribution in [3.8, 4) is 5.75 Å². The molecule has 0 bridgehead atoms. The molecule has 1 aliphatic heterocycles. The molecule has 4 nitrogen and oxygen atoms in total. The van der Waals surface area contributed by atoms with E-state index >= 15 is 0 Å². The molecule has 2 N–H and O–H groups in total. The molecule has 3 aromatic carbocycles. The third-order valence-corrected chi connectivity index (χ3v) is 5.87. The monoisotopic (exact) mass is 365 g/mol. The van der Waals surface area contributed by atoms with E-state index in [9.17, 15) is 9.90 Å². The van der Waals surface area contributed by atoms with Gasteiger partial charge in [-0.25, -0.2) is 0 Å². The smallest absolute Gasteiger partial charge is 0.318 e. The molecule has 2 atom stereocenters. The van der Waals surface area contributed by atoms with Crippen LogP contribution < -0.4 is 10.1 Å². The first kappa shape index (κ1) is 16.9. The molecule has 1 saturated heterocycles. The fourth-order valence-corrected chi connectivity index (χ4v) is 4.41. The van der Waals surface area contributed by atoms with E-state index in [2.05, 4.69) is 17.4 Å². The lowest BCUT2D eigenvalue weighted by Gasteiger charge is -2.19. The van der Waals surface area contributed by atoms with Crippen molar-refractivity contribution in [2.45, 2.75) is 17.2 Å². The van der Waals surface area contributed by atoms with Gasteiger partial charge in [0.1, 0.15) is 17.6 Å². The van der Waals surface area contributed by atoms with Crippen molar-refractivity contribution in [1.29, 1.82) is 0 Å². The summed E-state index contributed by atoms with van der Waals surface area (Å²) in [6.07, 6.45) is 0. The lowest BCUT2D eigenvalue weighted by molar-refractivity contribution is -0.136. The topological polar surface area (TPSA) is 58.6 Å². The van der Waals surface area contributed by atoms with Crippen LogP contribution in [-0.4, -0.2) is 22.9 Å². The average Bonchev–Trinajstić information content (AvgIpc) is 3.17. The molecule has 0 radical (unpaired) electrons. The van der Waals surface area contributed by atoms with Crippen LogP contribution in [0.2, 0.25) is 0 Å². The number of aliphatic carboxylic acids is 1. The van der Waals surface area contributed by atoms with Crippen molar-refractivity contribution in [2.75, 3.05) is 6.54 Å². The molecule has 5 heteroatoms. The van der Waals surface area contributed by atoms with Crippen LogP contribution in [0.15, 0.2) is 66.7 Å². The number of ether oxygens (including phenoxy) is 1. The molecular weight excluding hydrogens is 346 g/mol. The summed E-state index contributed by atoms with van der Waals surface area (Å²) in [5.41, 5.74) is 2.12. The van der Waals surface area contributed by atoms with Crippen molar-refractivity contribution in [1.82, 2.24) is 5.32 Å². The second-order valence-electron chi connectivity index (χ2n) is 6.22. The van der Waals surface area contributed by atoms with Crippen molar-refractivity contribution in [3.05, 3.63) is 77.9 Å². The molecule has 0 aromatic heterocycles. The second kappa shape index (κ2) is 7.40. The molecule has 26 heavy (non-hydrogen) atoms. The highest BCUT2D eigenvalue weighted by Crippen LogP contribution is 2.43. The number of carbonyl (C=O) groups is 1. The van der Waals surface area contributed by atoms with E-state index in [0.717, 1.165) is 27.6 Å². The van der Waals surface area contributed by atoms with Gasteiger partial charge in [0.05, 0.1) is 5.37 Å². The minimum absolute atomic E-state index is 0.104. The fraction of sp³-hybridized carbons (Fsp3) is 0.190. The van der Waals surface area contributed by atoms with E-state index in [0.29, 0.717) is 13.2 Å². The van der Waals surface area contributed by atoms with Crippen molar-refractivity contribution in [2.24, 2.45) is 0 Å². The van der Waals surface area contributed by atoms with Gasteiger partial charge in [0.2, 0.25) is 0 Å². The van der Waals surface area contributed by atoms with Crippen LogP contribution in [0.5, 0.6) is 5.75 Å². The highest BCUT2D eigenvalue weighted by atomic mass is 32.2. The Morgan fingerprint density at radius 1 is 1.08 bits per heavy atom. The van der Waals surface area contributed by atoms with E-state index < -0.39 is 11.2 Å². The number of carboxylic acids is 1. The third kappa shape index (κ3) is 3.41. The van der Waals surface area contributed by atoms with Crippen LogP contribution in [0.3, 0.4) is 0 Å². The zero-order chi connectivity index (χ0) is 17.9. The maximum Gasteiger partial charge on any atom is 0.318 e. The van der Waals surface area contributed by atoms with Crippen LogP contribution in [0.4, 0.5) is 0 Å². The summed E-state index contributed by atoms with van der Waals surface area (Å²) in [6.45, 7) is 0.929. The summed E-state index contributed by atoms with van der Waals surface area (Å²) in [4.78, 5) is 11.3. The molecule has 0 spiro atoms. The summed E-state index contributed by atoms with van der Waals surface area (Å²) in [5.74, 6) is 0.0144. The zero-order valence-corrected chi connectivity index (χ0v) is 14.9. The summed E-state index contributed by atoms with van der Waals surface area (Å²) in [7, 11) is 0. The summed E-state index contributed by atoms with van der Waals surface area (Å²) >= 11 is 1.43. The van der Waals surface area contributed by atoms with Crippen LogP contribution in [0.25, 0.3) is 10.8 Å². The molecule has 4 rings (SSSR count). The van der Waals surface area contributed by atoms with E-state index in [-0.39, 0.29) is 5.37 Å². The number of nitrogens with one attached hydrogen (secondary N) is 1. The molecule has 3 aromatic rings.